The zero-order chi connectivity index (χ0) is 35.3. The fraction of sp³-hybridized carbons (Fsp3) is 0.312. The van der Waals surface area contributed by atoms with E-state index in [2.05, 4.69) is 10.3 Å². The van der Waals surface area contributed by atoms with Crippen LogP contribution < -0.4 is 16.2 Å². The highest BCUT2D eigenvalue weighted by atomic mass is 19.4. The molecule has 0 unspecified atom stereocenters. The molecule has 2 atom stereocenters. The number of anilines is 1. The minimum Gasteiger partial charge on any atom is -0.480 e. The molecule has 0 spiro atoms. The number of amides is 1. The molecule has 16 heteroatoms. The minimum absolute atomic E-state index is 0.0486. The predicted molar refractivity (Wildman–Crippen MR) is 157 cm³/mol. The maximum Gasteiger partial charge on any atom is 0.417 e. The van der Waals surface area contributed by atoms with Gasteiger partial charge in [-0.1, -0.05) is 18.2 Å². The second kappa shape index (κ2) is 12.5. The van der Waals surface area contributed by atoms with Gasteiger partial charge in [-0.25, -0.2) is 13.6 Å². The number of pyridine rings is 2. The van der Waals surface area contributed by atoms with Crippen molar-refractivity contribution in [3.63, 3.8) is 0 Å². The van der Waals surface area contributed by atoms with Crippen LogP contribution in [0.2, 0.25) is 0 Å². The summed E-state index contributed by atoms with van der Waals surface area (Å²) in [6, 6.07) is 3.14. The van der Waals surface area contributed by atoms with Crippen LogP contribution in [-0.4, -0.2) is 44.8 Å². The Kier molecular flexibility index (Phi) is 8.97. The largest absolute Gasteiger partial charge is 0.480 e. The van der Waals surface area contributed by atoms with Crippen LogP contribution in [-0.2, 0) is 24.4 Å². The quantitative estimate of drug-likeness (QED) is 0.177. The van der Waals surface area contributed by atoms with Crippen molar-refractivity contribution < 1.29 is 49.8 Å². The van der Waals surface area contributed by atoms with Gasteiger partial charge >= 0.3 is 18.3 Å². The number of hydrogen-bond donors (Lipinski definition) is 3. The monoisotopic (exact) mass is 682 g/mol. The number of benzene rings is 2. The first-order chi connectivity index (χ1) is 22.4. The van der Waals surface area contributed by atoms with Gasteiger partial charge in [0.1, 0.15) is 29.3 Å². The Morgan fingerprint density at radius 2 is 1.69 bits per heavy atom. The third-order valence-electron chi connectivity index (χ3n) is 8.17. The summed E-state index contributed by atoms with van der Waals surface area (Å²) in [5.74, 6) is -7.03. The minimum atomic E-state index is -4.91. The molecular weight excluding hydrogens is 656 g/mol. The lowest BCUT2D eigenvalue weighted by Crippen LogP contribution is -2.43. The summed E-state index contributed by atoms with van der Waals surface area (Å²) in [6.45, 7) is 1.33. The molecule has 0 saturated heterocycles. The van der Waals surface area contributed by atoms with Gasteiger partial charge in [0.15, 0.2) is 0 Å². The van der Waals surface area contributed by atoms with Crippen LogP contribution in [0, 0.1) is 24.5 Å². The van der Waals surface area contributed by atoms with Gasteiger partial charge in [-0.15, -0.1) is 0 Å². The van der Waals surface area contributed by atoms with Crippen LogP contribution in [0.4, 0.5) is 40.8 Å². The number of carbonyl (C=O) groups excluding carboxylic acids is 1. The molecule has 2 heterocycles. The fourth-order valence-electron chi connectivity index (χ4n) is 5.52. The highest BCUT2D eigenvalue weighted by Crippen LogP contribution is 2.42. The molecule has 4 aromatic rings. The molecule has 2 aromatic heterocycles. The van der Waals surface area contributed by atoms with E-state index in [1.165, 1.54) is 38.4 Å². The fourth-order valence-corrected chi connectivity index (χ4v) is 5.52. The molecule has 1 fully saturated rings. The van der Waals surface area contributed by atoms with Crippen LogP contribution in [0.15, 0.2) is 53.5 Å². The van der Waals surface area contributed by atoms with Crippen LogP contribution in [0.1, 0.15) is 40.0 Å². The molecule has 1 amide bonds. The SMILES string of the molecule is Cc1cc(C(F)(F)F)c(-c2ccc(C[C@H](NC(=O)c3c(F)cc(N[C@H](C4CC4)C(F)(F)F)cc3F)C(=O)O)c3cccnc23)c(=O)n1C. The highest BCUT2D eigenvalue weighted by Gasteiger charge is 2.49. The Bertz CT molecular complexity index is 1960. The Morgan fingerprint density at radius 3 is 2.25 bits per heavy atom. The van der Waals surface area contributed by atoms with Crippen molar-refractivity contribution in [1.82, 2.24) is 14.9 Å². The Balaban J connectivity index is 1.46. The molecule has 0 radical (unpaired) electrons. The predicted octanol–water partition coefficient (Wildman–Crippen LogP) is 6.38. The van der Waals surface area contributed by atoms with E-state index >= 15 is 0 Å². The number of aliphatic carboxylic acids is 1. The normalized spacial score (nSPS) is 14.9. The van der Waals surface area contributed by atoms with Crippen LogP contribution >= 0.6 is 0 Å². The van der Waals surface area contributed by atoms with Gasteiger partial charge in [0.05, 0.1) is 16.6 Å². The van der Waals surface area contributed by atoms with Gasteiger partial charge < -0.3 is 20.3 Å². The zero-order valence-corrected chi connectivity index (χ0v) is 25.1. The van der Waals surface area contributed by atoms with E-state index in [-0.39, 0.29) is 40.6 Å². The molecule has 8 nitrogen and oxygen atoms in total. The van der Waals surface area contributed by atoms with E-state index in [1.54, 1.807) is 0 Å². The molecular formula is C32H26F8N4O4. The van der Waals surface area contributed by atoms with E-state index in [1.807, 2.05) is 5.32 Å². The van der Waals surface area contributed by atoms with Crippen molar-refractivity contribution in [2.45, 2.75) is 50.6 Å². The number of hydrogen-bond acceptors (Lipinski definition) is 5. The molecule has 1 aliphatic carbocycles. The number of carboxylic acids is 1. The van der Waals surface area contributed by atoms with E-state index in [9.17, 15) is 54.6 Å². The summed E-state index contributed by atoms with van der Waals surface area (Å²) in [7, 11) is 1.30. The van der Waals surface area contributed by atoms with Gasteiger partial charge in [0.2, 0.25) is 0 Å². The number of fused-ring (bicyclic) bond motifs is 1. The van der Waals surface area contributed by atoms with Gasteiger partial charge in [-0.3, -0.25) is 14.6 Å². The van der Waals surface area contributed by atoms with Crippen molar-refractivity contribution in [1.29, 1.82) is 0 Å². The smallest absolute Gasteiger partial charge is 0.417 e. The van der Waals surface area contributed by atoms with Crippen molar-refractivity contribution in [2.75, 3.05) is 5.32 Å². The third-order valence-corrected chi connectivity index (χ3v) is 8.17. The van der Waals surface area contributed by atoms with Gasteiger partial charge in [0.25, 0.3) is 11.5 Å². The lowest BCUT2D eigenvalue weighted by Gasteiger charge is -2.23. The molecule has 1 aliphatic rings. The molecule has 3 N–H and O–H groups in total. The van der Waals surface area contributed by atoms with Crippen molar-refractivity contribution in [3.8, 4) is 11.1 Å². The first-order valence-electron chi connectivity index (χ1n) is 14.4. The summed E-state index contributed by atoms with van der Waals surface area (Å²) >= 11 is 0. The van der Waals surface area contributed by atoms with Crippen molar-refractivity contribution in [2.24, 2.45) is 13.0 Å². The molecule has 5 rings (SSSR count). The molecule has 0 bridgehead atoms. The number of nitrogens with zero attached hydrogens (tertiary/aromatic N) is 2. The highest BCUT2D eigenvalue weighted by molar-refractivity contribution is 5.99. The van der Waals surface area contributed by atoms with E-state index in [0.717, 1.165) is 16.7 Å². The number of alkyl halides is 6. The first kappa shape index (κ1) is 34.3. The van der Waals surface area contributed by atoms with Crippen molar-refractivity contribution in [3.05, 3.63) is 93.0 Å². The van der Waals surface area contributed by atoms with E-state index in [0.29, 0.717) is 12.1 Å². The summed E-state index contributed by atoms with van der Waals surface area (Å²) in [4.78, 5) is 42.4. The second-order valence-corrected chi connectivity index (χ2v) is 11.5. The van der Waals surface area contributed by atoms with Crippen LogP contribution in [0.3, 0.4) is 0 Å². The number of rotatable bonds is 9. The molecule has 48 heavy (non-hydrogen) atoms. The summed E-state index contributed by atoms with van der Waals surface area (Å²) in [6.07, 6.45) is -8.37. The number of aryl methyl sites for hydroxylation is 1. The summed E-state index contributed by atoms with van der Waals surface area (Å²) < 4.78 is 113. The van der Waals surface area contributed by atoms with Crippen LogP contribution in [0.25, 0.3) is 22.0 Å². The topological polar surface area (TPSA) is 113 Å². The third kappa shape index (κ3) is 6.82. The number of carbonyl (C=O) groups is 2. The second-order valence-electron chi connectivity index (χ2n) is 11.5. The zero-order valence-electron chi connectivity index (χ0n) is 25.1. The summed E-state index contributed by atoms with van der Waals surface area (Å²) in [5, 5.41) is 14.1. The Hall–Kier alpha value is -5.02. The molecule has 1 saturated carbocycles. The average molecular weight is 683 g/mol. The van der Waals surface area contributed by atoms with Crippen molar-refractivity contribution >= 4 is 28.5 Å². The lowest BCUT2D eigenvalue weighted by atomic mass is 9.93. The van der Waals surface area contributed by atoms with E-state index < -0.39 is 88.2 Å². The van der Waals surface area contributed by atoms with Crippen LogP contribution in [0.5, 0.6) is 0 Å². The Labute approximate surface area is 266 Å². The number of carboxylic acid groups (broad SMARTS) is 1. The first-order valence-corrected chi connectivity index (χ1v) is 14.4. The number of nitrogens with one attached hydrogen (secondary N) is 2. The van der Waals surface area contributed by atoms with Gasteiger partial charge in [-0.05, 0) is 55.5 Å². The standard InChI is InChI=1S/C32H26F8N4O4/c1-14-10-20(31(35,36)37)24(29(46)44(14)2)19-8-7-16(18-4-3-9-41-26(18)19)11-23(30(47)48)43-28(45)25-21(33)12-17(13-22(25)34)42-27(15-5-6-15)32(38,39)40/h3-4,7-10,12-13,15,23,27,42H,5-6,11H2,1-2H3,(H,43,45)(H,47,48)/t23-,27+/m0/s1. The lowest BCUT2D eigenvalue weighted by molar-refractivity contribution is -0.146. The number of aromatic nitrogens is 2. The molecule has 0 aliphatic heterocycles. The maximum atomic E-state index is 14.9. The maximum absolute atomic E-state index is 14.9. The average Bonchev–Trinajstić information content (AvgIpc) is 3.82. The molecule has 2 aromatic carbocycles. The Morgan fingerprint density at radius 1 is 1.04 bits per heavy atom. The van der Waals surface area contributed by atoms with E-state index in [4.69, 9.17) is 0 Å². The molecule has 254 valence electrons. The van der Waals surface area contributed by atoms with Gasteiger partial charge in [0, 0.05) is 42.0 Å². The summed E-state index contributed by atoms with van der Waals surface area (Å²) in [5.41, 5.74) is -4.73. The van der Waals surface area contributed by atoms with Gasteiger partial charge in [-0.2, -0.15) is 26.3 Å². The number of halogens is 8.